The molecule has 1 heterocycles. The molecule has 0 spiro atoms. The van der Waals surface area contributed by atoms with E-state index in [0.29, 0.717) is 0 Å². The number of ether oxygens (including phenoxy) is 1. The van der Waals surface area contributed by atoms with Crippen molar-refractivity contribution in [3.8, 4) is 5.75 Å². The van der Waals surface area contributed by atoms with Crippen LogP contribution in [0.1, 0.15) is 16.7 Å². The average molecular weight is 207 g/mol. The van der Waals surface area contributed by atoms with Crippen molar-refractivity contribution < 1.29 is 9.84 Å². The SMILES string of the molecule is COc1cc(C)c2c(c1)CNC(CO)C2. The number of methoxy groups -OCH3 is 1. The normalized spacial score (nSPS) is 19.8. The number of aliphatic hydroxyl groups excluding tert-OH is 1. The van der Waals surface area contributed by atoms with Crippen LogP contribution in [-0.4, -0.2) is 24.9 Å². The highest BCUT2D eigenvalue weighted by atomic mass is 16.5. The minimum Gasteiger partial charge on any atom is -0.497 e. The summed E-state index contributed by atoms with van der Waals surface area (Å²) >= 11 is 0. The van der Waals surface area contributed by atoms with Crippen molar-refractivity contribution in [3.05, 3.63) is 28.8 Å². The first-order valence-electron chi connectivity index (χ1n) is 5.25. The Morgan fingerprint density at radius 3 is 3.00 bits per heavy atom. The zero-order valence-electron chi connectivity index (χ0n) is 9.21. The van der Waals surface area contributed by atoms with Gasteiger partial charge in [-0.3, -0.25) is 0 Å². The van der Waals surface area contributed by atoms with Crippen molar-refractivity contribution in [2.24, 2.45) is 0 Å². The van der Waals surface area contributed by atoms with E-state index in [-0.39, 0.29) is 12.6 Å². The first-order valence-corrected chi connectivity index (χ1v) is 5.25. The molecule has 0 aliphatic carbocycles. The van der Waals surface area contributed by atoms with E-state index in [1.807, 2.05) is 0 Å². The predicted molar refractivity (Wildman–Crippen MR) is 59.1 cm³/mol. The number of aliphatic hydroxyl groups is 1. The third-order valence-corrected chi connectivity index (χ3v) is 3.03. The maximum absolute atomic E-state index is 9.12. The lowest BCUT2D eigenvalue weighted by atomic mass is 9.92. The zero-order valence-corrected chi connectivity index (χ0v) is 9.21. The Morgan fingerprint density at radius 1 is 1.53 bits per heavy atom. The summed E-state index contributed by atoms with van der Waals surface area (Å²) in [5.41, 5.74) is 3.90. The molecule has 1 aliphatic heterocycles. The molecule has 3 nitrogen and oxygen atoms in total. The molecule has 1 unspecified atom stereocenters. The minimum atomic E-state index is 0.199. The van der Waals surface area contributed by atoms with Crippen LogP contribution in [0.5, 0.6) is 5.75 Å². The molecule has 0 saturated carbocycles. The lowest BCUT2D eigenvalue weighted by Gasteiger charge is -2.26. The fraction of sp³-hybridized carbons (Fsp3) is 0.500. The second-order valence-corrected chi connectivity index (χ2v) is 4.05. The molecule has 1 atom stereocenters. The second-order valence-electron chi connectivity index (χ2n) is 4.05. The monoisotopic (exact) mass is 207 g/mol. The highest BCUT2D eigenvalue weighted by Gasteiger charge is 2.19. The second kappa shape index (κ2) is 4.21. The standard InChI is InChI=1S/C12H17NO2/c1-8-3-11(15-2)4-9-6-13-10(7-14)5-12(8)9/h3-4,10,13-14H,5-7H2,1-2H3. The first kappa shape index (κ1) is 10.5. The Hall–Kier alpha value is -1.06. The van der Waals surface area contributed by atoms with Crippen molar-refractivity contribution >= 4 is 0 Å². The van der Waals surface area contributed by atoms with Crippen LogP contribution in [0, 0.1) is 6.92 Å². The molecule has 0 amide bonds. The fourth-order valence-corrected chi connectivity index (χ4v) is 2.12. The third-order valence-electron chi connectivity index (χ3n) is 3.03. The van der Waals surface area contributed by atoms with E-state index in [0.717, 1.165) is 18.7 Å². The van der Waals surface area contributed by atoms with Gasteiger partial charge < -0.3 is 15.2 Å². The Balaban J connectivity index is 2.35. The van der Waals surface area contributed by atoms with Crippen LogP contribution in [0.15, 0.2) is 12.1 Å². The van der Waals surface area contributed by atoms with Crippen molar-refractivity contribution in [3.63, 3.8) is 0 Å². The van der Waals surface area contributed by atoms with E-state index in [9.17, 15) is 0 Å². The number of hydrogen-bond acceptors (Lipinski definition) is 3. The van der Waals surface area contributed by atoms with Gasteiger partial charge in [0.2, 0.25) is 0 Å². The highest BCUT2D eigenvalue weighted by molar-refractivity contribution is 5.43. The van der Waals surface area contributed by atoms with Crippen molar-refractivity contribution in [2.45, 2.75) is 25.9 Å². The maximum Gasteiger partial charge on any atom is 0.119 e. The predicted octanol–water partition coefficient (Wildman–Crippen LogP) is 1.01. The van der Waals surface area contributed by atoms with Crippen LogP contribution >= 0.6 is 0 Å². The number of fused-ring (bicyclic) bond motifs is 1. The minimum absolute atomic E-state index is 0.199. The van der Waals surface area contributed by atoms with Crippen molar-refractivity contribution in [1.82, 2.24) is 5.32 Å². The lowest BCUT2D eigenvalue weighted by Crippen LogP contribution is -2.38. The van der Waals surface area contributed by atoms with Gasteiger partial charge in [-0.1, -0.05) is 0 Å². The summed E-state index contributed by atoms with van der Waals surface area (Å²) in [5, 5.41) is 12.4. The summed E-state index contributed by atoms with van der Waals surface area (Å²) in [6.07, 6.45) is 0.904. The van der Waals surface area contributed by atoms with E-state index < -0.39 is 0 Å². The van der Waals surface area contributed by atoms with Crippen molar-refractivity contribution in [1.29, 1.82) is 0 Å². The number of hydrogen-bond donors (Lipinski definition) is 2. The maximum atomic E-state index is 9.12. The quantitative estimate of drug-likeness (QED) is 0.760. The molecule has 1 aliphatic rings. The van der Waals surface area contributed by atoms with Gasteiger partial charge in [-0.15, -0.1) is 0 Å². The summed E-state index contributed by atoms with van der Waals surface area (Å²) in [6, 6.07) is 4.33. The van der Waals surface area contributed by atoms with Crippen LogP contribution in [0.3, 0.4) is 0 Å². The van der Waals surface area contributed by atoms with Gasteiger partial charge in [0.1, 0.15) is 5.75 Å². The average Bonchev–Trinajstić information content (AvgIpc) is 2.28. The third kappa shape index (κ3) is 1.98. The van der Waals surface area contributed by atoms with Crippen LogP contribution in [0.25, 0.3) is 0 Å². The van der Waals surface area contributed by atoms with Crippen LogP contribution in [0.2, 0.25) is 0 Å². The molecular formula is C12H17NO2. The Kier molecular flexibility index (Phi) is 2.93. The molecule has 0 radical (unpaired) electrons. The largest absolute Gasteiger partial charge is 0.497 e. The summed E-state index contributed by atoms with van der Waals surface area (Å²) in [4.78, 5) is 0. The molecule has 0 fully saturated rings. The molecular weight excluding hydrogens is 190 g/mol. The van der Waals surface area contributed by atoms with E-state index in [2.05, 4.69) is 24.4 Å². The van der Waals surface area contributed by atoms with Crippen LogP contribution in [0.4, 0.5) is 0 Å². The van der Waals surface area contributed by atoms with E-state index in [1.165, 1.54) is 16.7 Å². The van der Waals surface area contributed by atoms with Gasteiger partial charge in [0.25, 0.3) is 0 Å². The first-order chi connectivity index (χ1) is 7.24. The summed E-state index contributed by atoms with van der Waals surface area (Å²) in [5.74, 6) is 0.912. The summed E-state index contributed by atoms with van der Waals surface area (Å²) < 4.78 is 5.24. The molecule has 0 saturated heterocycles. The van der Waals surface area contributed by atoms with Gasteiger partial charge in [-0.25, -0.2) is 0 Å². The molecule has 1 aromatic carbocycles. The van der Waals surface area contributed by atoms with Gasteiger partial charge in [0.05, 0.1) is 13.7 Å². The smallest absolute Gasteiger partial charge is 0.119 e. The molecule has 2 N–H and O–H groups in total. The zero-order chi connectivity index (χ0) is 10.8. The van der Waals surface area contributed by atoms with E-state index >= 15 is 0 Å². The van der Waals surface area contributed by atoms with Crippen molar-refractivity contribution in [2.75, 3.05) is 13.7 Å². The van der Waals surface area contributed by atoms with Crippen LogP contribution in [-0.2, 0) is 13.0 Å². The Bertz CT molecular complexity index is 363. The van der Waals surface area contributed by atoms with Gasteiger partial charge in [0.15, 0.2) is 0 Å². The number of aryl methyl sites for hydroxylation is 1. The Labute approximate surface area is 90.1 Å². The molecule has 3 heteroatoms. The van der Waals surface area contributed by atoms with Gasteiger partial charge in [-0.2, -0.15) is 0 Å². The van der Waals surface area contributed by atoms with Gasteiger partial charge in [0, 0.05) is 12.6 Å². The molecule has 15 heavy (non-hydrogen) atoms. The molecule has 1 aromatic rings. The van der Waals surface area contributed by atoms with E-state index in [1.54, 1.807) is 7.11 Å². The topological polar surface area (TPSA) is 41.5 Å². The van der Waals surface area contributed by atoms with Crippen LogP contribution < -0.4 is 10.1 Å². The molecule has 2 rings (SSSR count). The van der Waals surface area contributed by atoms with E-state index in [4.69, 9.17) is 9.84 Å². The number of rotatable bonds is 2. The lowest BCUT2D eigenvalue weighted by molar-refractivity contribution is 0.235. The van der Waals surface area contributed by atoms with Gasteiger partial charge >= 0.3 is 0 Å². The number of nitrogens with one attached hydrogen (secondary N) is 1. The summed E-state index contributed by atoms with van der Waals surface area (Å²) in [7, 11) is 1.69. The molecule has 82 valence electrons. The van der Waals surface area contributed by atoms with Gasteiger partial charge in [-0.05, 0) is 42.2 Å². The Morgan fingerprint density at radius 2 is 2.33 bits per heavy atom. The number of benzene rings is 1. The molecule has 0 bridgehead atoms. The molecule has 0 aromatic heterocycles. The fourth-order valence-electron chi connectivity index (χ4n) is 2.12. The highest BCUT2D eigenvalue weighted by Crippen LogP contribution is 2.25. The summed E-state index contributed by atoms with van der Waals surface area (Å²) in [6.45, 7) is 3.12.